The molecular formula is C18H13F3N6O. The molecule has 142 valence electrons. The maximum absolute atomic E-state index is 12.6. The van der Waals surface area contributed by atoms with Crippen molar-refractivity contribution in [3.05, 3.63) is 66.9 Å². The monoisotopic (exact) mass is 386 g/mol. The van der Waals surface area contributed by atoms with Gasteiger partial charge in [-0.25, -0.2) is 9.50 Å². The quantitative estimate of drug-likeness (QED) is 0.584. The number of hydrogen-bond donors (Lipinski definition) is 1. The van der Waals surface area contributed by atoms with E-state index in [9.17, 15) is 18.0 Å². The lowest BCUT2D eigenvalue weighted by atomic mass is 10.1. The van der Waals surface area contributed by atoms with Crippen LogP contribution in [0.3, 0.4) is 0 Å². The standard InChI is InChI=1S/C18H13F3N6O/c19-18(20,21)14-1-3-15(4-2-14)25-17(28)10-26-9-13(8-23-26)12-5-6-27-16(7-12)22-11-24-27/h1-9,11H,10H2,(H,25,28). The zero-order valence-electron chi connectivity index (χ0n) is 14.3. The van der Waals surface area contributed by atoms with Crippen LogP contribution in [0.1, 0.15) is 5.56 Å². The molecular weight excluding hydrogens is 373 g/mol. The van der Waals surface area contributed by atoms with Gasteiger partial charge in [0.25, 0.3) is 0 Å². The van der Waals surface area contributed by atoms with Gasteiger partial charge < -0.3 is 5.32 Å². The Labute approximate surface area is 156 Å². The maximum Gasteiger partial charge on any atom is 0.416 e. The van der Waals surface area contributed by atoms with Crippen LogP contribution in [0.2, 0.25) is 0 Å². The lowest BCUT2D eigenvalue weighted by Gasteiger charge is -2.09. The Morgan fingerprint density at radius 2 is 1.86 bits per heavy atom. The molecule has 0 aliphatic carbocycles. The number of carbonyl (C=O) groups is 1. The second kappa shape index (κ2) is 6.80. The van der Waals surface area contributed by atoms with Crippen LogP contribution in [-0.4, -0.2) is 30.3 Å². The van der Waals surface area contributed by atoms with Crippen molar-refractivity contribution >= 4 is 17.2 Å². The van der Waals surface area contributed by atoms with Gasteiger partial charge in [0.15, 0.2) is 5.65 Å². The summed E-state index contributed by atoms with van der Waals surface area (Å²) in [7, 11) is 0. The molecule has 28 heavy (non-hydrogen) atoms. The topological polar surface area (TPSA) is 77.1 Å². The number of aromatic nitrogens is 5. The van der Waals surface area contributed by atoms with Crippen molar-refractivity contribution in [2.24, 2.45) is 0 Å². The van der Waals surface area contributed by atoms with Gasteiger partial charge in [-0.2, -0.15) is 23.4 Å². The fourth-order valence-electron chi connectivity index (χ4n) is 2.68. The molecule has 0 aliphatic rings. The zero-order valence-corrected chi connectivity index (χ0v) is 14.3. The Hall–Kier alpha value is -3.69. The highest BCUT2D eigenvalue weighted by atomic mass is 19.4. The Bertz CT molecular complexity index is 1130. The molecule has 7 nitrogen and oxygen atoms in total. The van der Waals surface area contributed by atoms with Gasteiger partial charge in [-0.05, 0) is 42.0 Å². The minimum Gasteiger partial charge on any atom is -0.324 e. The highest BCUT2D eigenvalue weighted by Crippen LogP contribution is 2.29. The lowest BCUT2D eigenvalue weighted by molar-refractivity contribution is -0.137. The molecule has 1 N–H and O–H groups in total. The van der Waals surface area contributed by atoms with Crippen LogP contribution in [0.25, 0.3) is 16.8 Å². The zero-order chi connectivity index (χ0) is 19.7. The molecule has 0 aliphatic heterocycles. The third-order valence-electron chi connectivity index (χ3n) is 4.05. The number of hydrogen-bond acceptors (Lipinski definition) is 4. The number of nitrogens with one attached hydrogen (secondary N) is 1. The third-order valence-corrected chi connectivity index (χ3v) is 4.05. The van der Waals surface area contributed by atoms with Gasteiger partial charge in [0.1, 0.15) is 12.9 Å². The largest absolute Gasteiger partial charge is 0.416 e. The van der Waals surface area contributed by atoms with Gasteiger partial charge >= 0.3 is 6.18 Å². The lowest BCUT2D eigenvalue weighted by Crippen LogP contribution is -2.19. The van der Waals surface area contributed by atoms with E-state index in [0.29, 0.717) is 5.65 Å². The van der Waals surface area contributed by atoms with Crippen molar-refractivity contribution in [3.8, 4) is 11.1 Å². The Balaban J connectivity index is 1.42. The predicted octanol–water partition coefficient (Wildman–Crippen LogP) is 3.25. The van der Waals surface area contributed by atoms with E-state index in [4.69, 9.17) is 0 Å². The summed E-state index contributed by atoms with van der Waals surface area (Å²) in [6.07, 6.45) is 2.13. The van der Waals surface area contributed by atoms with Crippen LogP contribution in [0.5, 0.6) is 0 Å². The second-order valence-corrected chi connectivity index (χ2v) is 6.03. The molecule has 3 aromatic heterocycles. The number of amides is 1. The van der Waals surface area contributed by atoms with Crippen molar-refractivity contribution in [2.75, 3.05) is 5.32 Å². The van der Waals surface area contributed by atoms with Gasteiger partial charge in [0.2, 0.25) is 5.91 Å². The number of pyridine rings is 1. The normalized spacial score (nSPS) is 11.7. The van der Waals surface area contributed by atoms with E-state index < -0.39 is 17.6 Å². The summed E-state index contributed by atoms with van der Waals surface area (Å²) in [5.74, 6) is -0.401. The van der Waals surface area contributed by atoms with Crippen LogP contribution in [-0.2, 0) is 17.5 Å². The Kier molecular flexibility index (Phi) is 4.30. The number of fused-ring (bicyclic) bond motifs is 1. The van der Waals surface area contributed by atoms with Crippen molar-refractivity contribution < 1.29 is 18.0 Å². The molecule has 0 saturated heterocycles. The van der Waals surface area contributed by atoms with Crippen LogP contribution in [0.4, 0.5) is 18.9 Å². The second-order valence-electron chi connectivity index (χ2n) is 6.03. The molecule has 1 amide bonds. The molecule has 3 heterocycles. The van der Waals surface area contributed by atoms with Crippen LogP contribution in [0.15, 0.2) is 61.3 Å². The molecule has 0 radical (unpaired) electrons. The number of halogens is 3. The van der Waals surface area contributed by atoms with E-state index in [-0.39, 0.29) is 12.2 Å². The van der Waals surface area contributed by atoms with E-state index in [2.05, 4.69) is 20.5 Å². The summed E-state index contributed by atoms with van der Waals surface area (Å²) in [6.45, 7) is -0.0752. The van der Waals surface area contributed by atoms with Gasteiger partial charge in [-0.3, -0.25) is 9.48 Å². The van der Waals surface area contributed by atoms with E-state index in [1.54, 1.807) is 23.1 Å². The summed E-state index contributed by atoms with van der Waals surface area (Å²) in [6, 6.07) is 7.96. The first-order chi connectivity index (χ1) is 13.4. The number of alkyl halides is 3. The summed E-state index contributed by atoms with van der Waals surface area (Å²) in [5, 5.41) is 10.7. The summed E-state index contributed by atoms with van der Waals surface area (Å²) >= 11 is 0. The average Bonchev–Trinajstić information content (AvgIpc) is 3.29. The number of benzene rings is 1. The maximum atomic E-state index is 12.6. The highest BCUT2D eigenvalue weighted by Gasteiger charge is 2.29. The minimum atomic E-state index is -4.41. The van der Waals surface area contributed by atoms with Crippen molar-refractivity contribution in [1.29, 1.82) is 0 Å². The molecule has 0 fully saturated rings. The van der Waals surface area contributed by atoms with Crippen molar-refractivity contribution in [3.63, 3.8) is 0 Å². The first-order valence-corrected chi connectivity index (χ1v) is 8.18. The van der Waals surface area contributed by atoms with E-state index in [1.165, 1.54) is 23.1 Å². The highest BCUT2D eigenvalue weighted by molar-refractivity contribution is 5.90. The summed E-state index contributed by atoms with van der Waals surface area (Å²) in [4.78, 5) is 16.3. The Morgan fingerprint density at radius 3 is 2.61 bits per heavy atom. The third kappa shape index (κ3) is 3.70. The number of nitrogens with zero attached hydrogens (tertiary/aromatic N) is 5. The van der Waals surface area contributed by atoms with Crippen molar-refractivity contribution in [1.82, 2.24) is 24.4 Å². The number of carbonyl (C=O) groups excluding carboxylic acids is 1. The fourth-order valence-corrected chi connectivity index (χ4v) is 2.68. The molecule has 0 bridgehead atoms. The SMILES string of the molecule is O=C(Cn1cc(-c2ccn3ncnc3c2)cn1)Nc1ccc(C(F)(F)F)cc1. The minimum absolute atomic E-state index is 0.0752. The van der Waals surface area contributed by atoms with E-state index in [0.717, 1.165) is 23.3 Å². The van der Waals surface area contributed by atoms with Gasteiger partial charge in [0.05, 0.1) is 11.8 Å². The summed E-state index contributed by atoms with van der Waals surface area (Å²) < 4.78 is 40.8. The number of rotatable bonds is 4. The van der Waals surface area contributed by atoms with Crippen LogP contribution in [0, 0.1) is 0 Å². The molecule has 10 heteroatoms. The number of anilines is 1. The molecule has 0 spiro atoms. The fraction of sp³-hybridized carbons (Fsp3) is 0.111. The Morgan fingerprint density at radius 1 is 1.07 bits per heavy atom. The molecule has 0 unspecified atom stereocenters. The molecule has 0 atom stereocenters. The van der Waals surface area contributed by atoms with E-state index in [1.807, 2.05) is 12.1 Å². The average molecular weight is 386 g/mol. The molecule has 0 saturated carbocycles. The van der Waals surface area contributed by atoms with E-state index >= 15 is 0 Å². The van der Waals surface area contributed by atoms with Crippen LogP contribution >= 0.6 is 0 Å². The first-order valence-electron chi connectivity index (χ1n) is 8.18. The molecule has 1 aromatic carbocycles. The molecule has 4 rings (SSSR count). The first kappa shape index (κ1) is 17.7. The van der Waals surface area contributed by atoms with Crippen molar-refractivity contribution in [2.45, 2.75) is 12.7 Å². The van der Waals surface area contributed by atoms with Gasteiger partial charge in [0, 0.05) is 23.6 Å². The summed E-state index contributed by atoms with van der Waals surface area (Å²) in [5.41, 5.74) is 1.86. The van der Waals surface area contributed by atoms with Gasteiger partial charge in [-0.15, -0.1) is 0 Å². The van der Waals surface area contributed by atoms with Gasteiger partial charge in [-0.1, -0.05) is 0 Å². The van der Waals surface area contributed by atoms with Crippen LogP contribution < -0.4 is 5.32 Å². The smallest absolute Gasteiger partial charge is 0.324 e. The predicted molar refractivity (Wildman–Crippen MR) is 94.3 cm³/mol. The molecule has 4 aromatic rings.